The first-order chi connectivity index (χ1) is 15.0. The number of hydrogen-bond acceptors (Lipinski definition) is 6. The summed E-state index contributed by atoms with van der Waals surface area (Å²) in [6.45, 7) is 1.04. The molecule has 6 rings (SSSR count). The average molecular weight is 479 g/mol. The fraction of sp³-hybridized carbons (Fsp3) is 0.273. The molecule has 4 aromatic rings. The number of carbonyl (C=O) groups excluding carboxylic acids is 1. The molecule has 2 atom stereocenters. The number of fused-ring (bicyclic) bond motifs is 6. The van der Waals surface area contributed by atoms with Crippen LogP contribution >= 0.6 is 15.9 Å². The van der Waals surface area contributed by atoms with Gasteiger partial charge in [0.1, 0.15) is 11.5 Å². The van der Waals surface area contributed by atoms with Crippen molar-refractivity contribution in [3.8, 4) is 0 Å². The quantitative estimate of drug-likeness (QED) is 0.451. The van der Waals surface area contributed by atoms with Crippen molar-refractivity contribution in [3.63, 3.8) is 0 Å². The number of aromatic nitrogens is 4. The lowest BCUT2D eigenvalue weighted by molar-refractivity contribution is -0.0517. The van der Waals surface area contributed by atoms with Gasteiger partial charge in [0.25, 0.3) is 5.91 Å². The van der Waals surface area contributed by atoms with E-state index >= 15 is 0 Å². The van der Waals surface area contributed by atoms with Gasteiger partial charge in [0.2, 0.25) is 0 Å². The van der Waals surface area contributed by atoms with E-state index in [1.165, 1.54) is 5.56 Å². The molecule has 0 saturated carbocycles. The standard InChI is InChI=1S/C22H19BrN6O2/c1-28-19-14-8-16(25-10-17(14)27-21(24)15(19)9-26-28)22(30)29-4-5-31-18-7-11-6-12(23)2-3-13(11)20(18)29/h2-3,6,8-10,18,20H,4-5,7H2,1H3,(H2,24,27)/t18-,20+/m1/s1. The second kappa shape index (κ2) is 6.73. The highest BCUT2D eigenvalue weighted by atomic mass is 79.9. The summed E-state index contributed by atoms with van der Waals surface area (Å²) in [4.78, 5) is 24.4. The summed E-state index contributed by atoms with van der Waals surface area (Å²) in [5, 5.41) is 5.88. The first-order valence-electron chi connectivity index (χ1n) is 10.1. The number of morpholine rings is 1. The number of ether oxygens (including phenoxy) is 1. The number of benzene rings is 1. The van der Waals surface area contributed by atoms with Gasteiger partial charge in [-0.2, -0.15) is 5.10 Å². The van der Waals surface area contributed by atoms with E-state index in [1.54, 1.807) is 23.1 Å². The Morgan fingerprint density at radius 1 is 1.26 bits per heavy atom. The summed E-state index contributed by atoms with van der Waals surface area (Å²) >= 11 is 3.54. The van der Waals surface area contributed by atoms with E-state index < -0.39 is 0 Å². The minimum Gasteiger partial charge on any atom is -0.383 e. The number of nitrogens with two attached hydrogens (primary N) is 1. The molecule has 2 aliphatic rings. The molecule has 3 aromatic heterocycles. The molecular weight excluding hydrogens is 460 g/mol. The Hall–Kier alpha value is -3.04. The number of pyridine rings is 2. The van der Waals surface area contributed by atoms with Crippen LogP contribution in [0, 0.1) is 0 Å². The molecule has 31 heavy (non-hydrogen) atoms. The predicted octanol–water partition coefficient (Wildman–Crippen LogP) is 3.00. The maximum Gasteiger partial charge on any atom is 0.273 e. The molecule has 0 radical (unpaired) electrons. The van der Waals surface area contributed by atoms with Crippen LogP contribution in [0.4, 0.5) is 5.82 Å². The summed E-state index contributed by atoms with van der Waals surface area (Å²) in [5.74, 6) is 0.296. The zero-order valence-electron chi connectivity index (χ0n) is 16.7. The number of anilines is 1. The molecule has 1 aliphatic carbocycles. The molecule has 0 unspecified atom stereocenters. The molecule has 156 valence electrons. The number of aryl methyl sites for hydroxylation is 1. The maximum atomic E-state index is 13.6. The van der Waals surface area contributed by atoms with Crippen molar-refractivity contribution in [2.75, 3.05) is 18.9 Å². The Kier molecular flexibility index (Phi) is 4.06. The Morgan fingerprint density at radius 3 is 3.00 bits per heavy atom. The van der Waals surface area contributed by atoms with E-state index in [-0.39, 0.29) is 18.1 Å². The molecule has 0 spiro atoms. The topological polar surface area (TPSA) is 99.2 Å². The fourth-order valence-electron chi connectivity index (χ4n) is 4.88. The van der Waals surface area contributed by atoms with Crippen LogP contribution in [0.1, 0.15) is 27.7 Å². The molecule has 9 heteroatoms. The van der Waals surface area contributed by atoms with Gasteiger partial charge >= 0.3 is 0 Å². The first kappa shape index (κ1) is 18.7. The Bertz CT molecular complexity index is 1380. The minimum absolute atomic E-state index is 0.0345. The number of rotatable bonds is 1. The molecule has 1 amide bonds. The van der Waals surface area contributed by atoms with Crippen molar-refractivity contribution in [2.45, 2.75) is 18.6 Å². The van der Waals surface area contributed by atoms with Crippen LogP contribution in [-0.2, 0) is 18.2 Å². The van der Waals surface area contributed by atoms with E-state index in [1.807, 2.05) is 18.0 Å². The van der Waals surface area contributed by atoms with Crippen molar-refractivity contribution >= 4 is 49.5 Å². The van der Waals surface area contributed by atoms with Crippen LogP contribution in [0.3, 0.4) is 0 Å². The van der Waals surface area contributed by atoms with E-state index in [0.29, 0.717) is 30.2 Å². The predicted molar refractivity (Wildman–Crippen MR) is 120 cm³/mol. The van der Waals surface area contributed by atoms with Crippen molar-refractivity contribution in [1.29, 1.82) is 0 Å². The van der Waals surface area contributed by atoms with Crippen LogP contribution in [0.25, 0.3) is 21.8 Å². The number of hydrogen-bond donors (Lipinski definition) is 1. The highest BCUT2D eigenvalue weighted by molar-refractivity contribution is 9.10. The molecule has 4 heterocycles. The van der Waals surface area contributed by atoms with Gasteiger partial charge in [-0.25, -0.2) is 9.97 Å². The molecular formula is C22H19BrN6O2. The number of nitrogens with zero attached hydrogens (tertiary/aromatic N) is 5. The second-order valence-electron chi connectivity index (χ2n) is 8.01. The first-order valence-corrected chi connectivity index (χ1v) is 10.9. The van der Waals surface area contributed by atoms with Crippen LogP contribution < -0.4 is 5.73 Å². The van der Waals surface area contributed by atoms with Gasteiger partial charge in [0.15, 0.2) is 0 Å². The summed E-state index contributed by atoms with van der Waals surface area (Å²) in [5.41, 5.74) is 10.3. The van der Waals surface area contributed by atoms with Crippen molar-refractivity contribution in [1.82, 2.24) is 24.6 Å². The molecule has 1 aliphatic heterocycles. The van der Waals surface area contributed by atoms with Crippen molar-refractivity contribution in [3.05, 3.63) is 58.0 Å². The lowest BCUT2D eigenvalue weighted by Crippen LogP contribution is -2.46. The van der Waals surface area contributed by atoms with E-state index in [9.17, 15) is 4.79 Å². The zero-order chi connectivity index (χ0) is 21.3. The molecule has 0 bridgehead atoms. The van der Waals surface area contributed by atoms with Gasteiger partial charge in [0, 0.05) is 29.9 Å². The Morgan fingerprint density at radius 2 is 2.13 bits per heavy atom. The molecule has 1 saturated heterocycles. The number of nitrogen functional groups attached to an aromatic ring is 1. The second-order valence-corrected chi connectivity index (χ2v) is 8.93. The zero-order valence-corrected chi connectivity index (χ0v) is 18.3. The van der Waals surface area contributed by atoms with E-state index in [2.05, 4.69) is 43.1 Å². The summed E-state index contributed by atoms with van der Waals surface area (Å²) < 4.78 is 8.80. The third kappa shape index (κ3) is 2.76. The summed E-state index contributed by atoms with van der Waals surface area (Å²) in [6.07, 6.45) is 4.07. The highest BCUT2D eigenvalue weighted by Crippen LogP contribution is 2.41. The lowest BCUT2D eigenvalue weighted by atomic mass is 10.0. The Balaban J connectivity index is 1.45. The number of amides is 1. The van der Waals surface area contributed by atoms with E-state index in [4.69, 9.17) is 10.5 Å². The number of carbonyl (C=O) groups is 1. The molecule has 8 nitrogen and oxygen atoms in total. The van der Waals surface area contributed by atoms with Crippen LogP contribution in [-0.4, -0.2) is 49.8 Å². The fourth-order valence-corrected chi connectivity index (χ4v) is 5.29. The van der Waals surface area contributed by atoms with Gasteiger partial charge in [-0.05, 0) is 29.3 Å². The van der Waals surface area contributed by atoms with Gasteiger partial charge in [-0.3, -0.25) is 9.48 Å². The third-order valence-corrected chi connectivity index (χ3v) is 6.76. The number of halogens is 1. The largest absolute Gasteiger partial charge is 0.383 e. The smallest absolute Gasteiger partial charge is 0.273 e. The van der Waals surface area contributed by atoms with E-state index in [0.717, 1.165) is 32.7 Å². The molecule has 1 aromatic carbocycles. The average Bonchev–Trinajstić information content (AvgIpc) is 3.33. The SMILES string of the molecule is Cn1ncc2c(N)nc3cnc(C(=O)N4CCO[C@@H]5Cc6cc(Br)ccc6[C@@H]54)cc3c21. The monoisotopic (exact) mass is 478 g/mol. The van der Waals surface area contributed by atoms with Crippen molar-refractivity contribution < 1.29 is 9.53 Å². The van der Waals surface area contributed by atoms with Gasteiger partial charge in [-0.1, -0.05) is 22.0 Å². The minimum atomic E-state index is -0.108. The van der Waals surface area contributed by atoms with Crippen LogP contribution in [0.5, 0.6) is 0 Å². The van der Waals surface area contributed by atoms with Gasteiger partial charge in [0.05, 0.1) is 47.6 Å². The van der Waals surface area contributed by atoms with Crippen LogP contribution in [0.2, 0.25) is 0 Å². The summed E-state index contributed by atoms with van der Waals surface area (Å²) in [6, 6.07) is 7.91. The van der Waals surface area contributed by atoms with Gasteiger partial charge in [-0.15, -0.1) is 0 Å². The van der Waals surface area contributed by atoms with Crippen molar-refractivity contribution in [2.24, 2.45) is 7.05 Å². The molecule has 1 fully saturated rings. The maximum absolute atomic E-state index is 13.6. The van der Waals surface area contributed by atoms with Crippen LogP contribution in [0.15, 0.2) is 41.1 Å². The normalized spacial score (nSPS) is 20.3. The Labute approximate surface area is 186 Å². The highest BCUT2D eigenvalue weighted by Gasteiger charge is 2.42. The molecule has 2 N–H and O–H groups in total. The van der Waals surface area contributed by atoms with Gasteiger partial charge < -0.3 is 15.4 Å². The third-order valence-electron chi connectivity index (χ3n) is 6.27. The lowest BCUT2D eigenvalue weighted by Gasteiger charge is -2.38. The summed E-state index contributed by atoms with van der Waals surface area (Å²) in [7, 11) is 1.85.